The maximum absolute atomic E-state index is 10.1. The van der Waals surface area contributed by atoms with E-state index in [0.29, 0.717) is 26.2 Å². The first-order valence-corrected chi connectivity index (χ1v) is 5.97. The van der Waals surface area contributed by atoms with Crippen LogP contribution < -0.4 is 0 Å². The third-order valence-electron chi connectivity index (χ3n) is 1.69. The number of aliphatic carboxylic acids is 1. The summed E-state index contributed by atoms with van der Waals surface area (Å²) in [4.78, 5) is 20.0. The second-order valence-corrected chi connectivity index (χ2v) is 3.39. The molecule has 0 saturated heterocycles. The highest BCUT2D eigenvalue weighted by Crippen LogP contribution is 1.88. The van der Waals surface area contributed by atoms with Crippen molar-refractivity contribution in [2.75, 3.05) is 19.8 Å². The van der Waals surface area contributed by atoms with Gasteiger partial charge in [-0.2, -0.15) is 0 Å². The normalized spacial score (nSPS) is 9.12. The molecule has 1 N–H and O–H groups in total. The van der Waals surface area contributed by atoms with E-state index in [-0.39, 0.29) is 12.4 Å². The fourth-order valence-electron chi connectivity index (χ4n) is 0.830. The molecule has 0 spiro atoms. The Morgan fingerprint density at radius 1 is 1.12 bits per heavy atom. The summed E-state index contributed by atoms with van der Waals surface area (Å²) in [5.41, 5.74) is 0. The first kappa shape index (κ1) is 18.3. The third kappa shape index (κ3) is 25.3. The average Bonchev–Trinajstić information content (AvgIpc) is 2.25. The first-order valence-electron chi connectivity index (χ1n) is 5.97. The van der Waals surface area contributed by atoms with Gasteiger partial charge >= 0.3 is 11.9 Å². The van der Waals surface area contributed by atoms with Gasteiger partial charge in [-0.25, -0.2) is 0 Å². The number of hydrogen-bond acceptors (Lipinski definition) is 4. The Labute approximate surface area is 103 Å². The molecule has 0 aromatic heterocycles. The summed E-state index contributed by atoms with van der Waals surface area (Å²) in [7, 11) is 0. The van der Waals surface area contributed by atoms with Crippen molar-refractivity contribution < 1.29 is 24.2 Å². The van der Waals surface area contributed by atoms with Crippen LogP contribution in [0.25, 0.3) is 0 Å². The molecule has 0 fully saturated rings. The van der Waals surface area contributed by atoms with Crippen LogP contribution in [0.1, 0.15) is 46.5 Å². The molecule has 0 amide bonds. The summed E-state index contributed by atoms with van der Waals surface area (Å²) in [6.07, 6.45) is 2.87. The summed E-state index contributed by atoms with van der Waals surface area (Å²) in [5.74, 6) is -0.937. The van der Waals surface area contributed by atoms with Crippen molar-refractivity contribution in [1.29, 1.82) is 0 Å². The SMILES string of the molecule is CCCCOC(C)=O.CCOCCCC(=O)O. The van der Waals surface area contributed by atoms with Crippen LogP contribution in [0.5, 0.6) is 0 Å². The molecule has 0 aromatic carbocycles. The summed E-state index contributed by atoms with van der Waals surface area (Å²) >= 11 is 0. The first-order chi connectivity index (χ1) is 8.04. The molecule has 5 heteroatoms. The largest absolute Gasteiger partial charge is 0.481 e. The predicted molar refractivity (Wildman–Crippen MR) is 64.9 cm³/mol. The molecule has 0 aromatic rings. The van der Waals surface area contributed by atoms with Gasteiger partial charge in [0.15, 0.2) is 0 Å². The Balaban J connectivity index is 0. The Kier molecular flexibility index (Phi) is 16.0. The van der Waals surface area contributed by atoms with Gasteiger partial charge in [-0.05, 0) is 19.8 Å². The van der Waals surface area contributed by atoms with Gasteiger partial charge in [-0.15, -0.1) is 0 Å². The molecule has 0 aliphatic carbocycles. The van der Waals surface area contributed by atoms with Crippen molar-refractivity contribution in [3.05, 3.63) is 0 Å². The predicted octanol–water partition coefficient (Wildman–Crippen LogP) is 2.24. The van der Waals surface area contributed by atoms with E-state index in [0.717, 1.165) is 12.8 Å². The molecule has 0 bridgehead atoms. The molecule has 5 nitrogen and oxygen atoms in total. The number of carboxylic acid groups (broad SMARTS) is 1. The monoisotopic (exact) mass is 248 g/mol. The van der Waals surface area contributed by atoms with Gasteiger partial charge in [-0.1, -0.05) is 13.3 Å². The highest BCUT2D eigenvalue weighted by molar-refractivity contribution is 5.66. The van der Waals surface area contributed by atoms with E-state index < -0.39 is 5.97 Å². The highest BCUT2D eigenvalue weighted by atomic mass is 16.5. The van der Waals surface area contributed by atoms with Crippen molar-refractivity contribution in [2.24, 2.45) is 0 Å². The van der Waals surface area contributed by atoms with Crippen LogP contribution in [0, 0.1) is 0 Å². The Morgan fingerprint density at radius 2 is 1.76 bits per heavy atom. The summed E-state index contributed by atoms with van der Waals surface area (Å²) < 4.78 is 9.56. The lowest BCUT2D eigenvalue weighted by Gasteiger charge is -1.96. The minimum Gasteiger partial charge on any atom is -0.481 e. The summed E-state index contributed by atoms with van der Waals surface area (Å²) in [6, 6.07) is 0. The number of carbonyl (C=O) groups is 2. The van der Waals surface area contributed by atoms with Gasteiger partial charge in [0.1, 0.15) is 0 Å². The van der Waals surface area contributed by atoms with E-state index in [1.54, 1.807) is 0 Å². The summed E-state index contributed by atoms with van der Waals surface area (Å²) in [6.45, 7) is 7.17. The van der Waals surface area contributed by atoms with Crippen molar-refractivity contribution in [3.8, 4) is 0 Å². The smallest absolute Gasteiger partial charge is 0.303 e. The lowest BCUT2D eigenvalue weighted by atomic mass is 10.3. The minimum absolute atomic E-state index is 0.182. The molecule has 0 rings (SSSR count). The van der Waals surface area contributed by atoms with Crippen LogP contribution in [0.15, 0.2) is 0 Å². The number of ether oxygens (including phenoxy) is 2. The quantitative estimate of drug-likeness (QED) is 0.526. The van der Waals surface area contributed by atoms with E-state index >= 15 is 0 Å². The Hall–Kier alpha value is -1.10. The van der Waals surface area contributed by atoms with Gasteiger partial charge in [0.05, 0.1) is 6.61 Å². The van der Waals surface area contributed by atoms with Crippen LogP contribution in [0.4, 0.5) is 0 Å². The van der Waals surface area contributed by atoms with Crippen LogP contribution >= 0.6 is 0 Å². The third-order valence-corrected chi connectivity index (χ3v) is 1.69. The van der Waals surface area contributed by atoms with Crippen LogP contribution in [-0.4, -0.2) is 36.9 Å². The van der Waals surface area contributed by atoms with Gasteiger partial charge in [-0.3, -0.25) is 9.59 Å². The molecule has 17 heavy (non-hydrogen) atoms. The number of rotatable bonds is 8. The zero-order chi connectivity index (χ0) is 13.5. The fourth-order valence-corrected chi connectivity index (χ4v) is 0.830. The molecule has 0 radical (unpaired) electrons. The highest BCUT2D eigenvalue weighted by Gasteiger charge is 1.94. The number of hydrogen-bond donors (Lipinski definition) is 1. The van der Waals surface area contributed by atoms with Crippen LogP contribution in [0.2, 0.25) is 0 Å². The van der Waals surface area contributed by atoms with E-state index in [2.05, 4.69) is 11.7 Å². The number of carboxylic acids is 1. The minimum atomic E-state index is -0.755. The van der Waals surface area contributed by atoms with Crippen molar-refractivity contribution in [2.45, 2.75) is 46.5 Å². The zero-order valence-corrected chi connectivity index (χ0v) is 11.0. The van der Waals surface area contributed by atoms with Gasteiger partial charge in [0.2, 0.25) is 0 Å². The van der Waals surface area contributed by atoms with Crippen molar-refractivity contribution >= 4 is 11.9 Å². The fraction of sp³-hybridized carbons (Fsp3) is 0.833. The lowest BCUT2D eigenvalue weighted by molar-refractivity contribution is -0.141. The zero-order valence-electron chi connectivity index (χ0n) is 11.0. The van der Waals surface area contributed by atoms with E-state index in [1.807, 2.05) is 6.92 Å². The molecule has 0 aliphatic rings. The average molecular weight is 248 g/mol. The van der Waals surface area contributed by atoms with Crippen molar-refractivity contribution in [1.82, 2.24) is 0 Å². The number of unbranched alkanes of at least 4 members (excludes halogenated alkanes) is 1. The molecule has 102 valence electrons. The molecule has 0 heterocycles. The Morgan fingerprint density at radius 3 is 2.18 bits per heavy atom. The van der Waals surface area contributed by atoms with E-state index in [9.17, 15) is 9.59 Å². The standard InChI is InChI=1S/C6H12O3.C6H12O2/c1-2-9-5-3-4-6(7)8;1-3-4-5-8-6(2)7/h2-5H2,1H3,(H,7,8);3-5H2,1-2H3. The topological polar surface area (TPSA) is 72.8 Å². The number of esters is 1. The summed E-state index contributed by atoms with van der Waals surface area (Å²) in [5, 5.41) is 8.16. The maximum atomic E-state index is 10.1. The molecular formula is C12H24O5. The molecule has 0 saturated carbocycles. The molecule has 0 unspecified atom stereocenters. The maximum Gasteiger partial charge on any atom is 0.303 e. The molecule has 0 aliphatic heterocycles. The van der Waals surface area contributed by atoms with E-state index in [4.69, 9.17) is 9.84 Å². The Bertz CT molecular complexity index is 191. The van der Waals surface area contributed by atoms with Gasteiger partial charge in [0.25, 0.3) is 0 Å². The number of carbonyl (C=O) groups excluding carboxylic acids is 1. The molecule has 0 atom stereocenters. The van der Waals surface area contributed by atoms with E-state index in [1.165, 1.54) is 6.92 Å². The lowest BCUT2D eigenvalue weighted by Crippen LogP contribution is -1.99. The molecular weight excluding hydrogens is 224 g/mol. The van der Waals surface area contributed by atoms with Gasteiger partial charge < -0.3 is 14.6 Å². The van der Waals surface area contributed by atoms with Crippen molar-refractivity contribution in [3.63, 3.8) is 0 Å². The van der Waals surface area contributed by atoms with Gasteiger partial charge in [0, 0.05) is 26.6 Å². The second kappa shape index (κ2) is 14.9. The van der Waals surface area contributed by atoms with Crippen LogP contribution in [0.3, 0.4) is 0 Å². The second-order valence-electron chi connectivity index (χ2n) is 3.39. The van der Waals surface area contributed by atoms with Crippen LogP contribution in [-0.2, 0) is 19.1 Å².